The van der Waals surface area contributed by atoms with Gasteiger partial charge in [-0.3, -0.25) is 4.79 Å². The molecule has 0 unspecified atom stereocenters. The zero-order valence-electron chi connectivity index (χ0n) is 12.6. The molecule has 0 saturated carbocycles. The second kappa shape index (κ2) is 6.34. The van der Waals surface area contributed by atoms with Crippen LogP contribution in [0.2, 0.25) is 0 Å². The number of fused-ring (bicyclic) bond motifs is 1. The van der Waals surface area contributed by atoms with Crippen LogP contribution in [0.15, 0.2) is 51.6 Å². The molecule has 3 aromatic rings. The minimum Gasteiger partial charge on any atom is -0.451 e. The van der Waals surface area contributed by atoms with Gasteiger partial charge in [-0.25, -0.2) is 0 Å². The summed E-state index contributed by atoms with van der Waals surface area (Å²) in [6.45, 7) is 0.541. The number of thiophene rings is 1. The van der Waals surface area contributed by atoms with Crippen LogP contribution < -0.4 is 5.32 Å². The molecule has 1 aromatic carbocycles. The summed E-state index contributed by atoms with van der Waals surface area (Å²) in [7, 11) is 4.02. The summed E-state index contributed by atoms with van der Waals surface area (Å²) in [4.78, 5) is 14.4. The van der Waals surface area contributed by atoms with Crippen molar-refractivity contribution < 1.29 is 9.21 Å². The second-order valence-electron chi connectivity index (χ2n) is 5.39. The molecule has 114 valence electrons. The minimum absolute atomic E-state index is 0.152. The van der Waals surface area contributed by atoms with Gasteiger partial charge in [0.1, 0.15) is 5.58 Å². The van der Waals surface area contributed by atoms with E-state index < -0.39 is 0 Å². The monoisotopic (exact) mass is 314 g/mol. The van der Waals surface area contributed by atoms with Crippen molar-refractivity contribution >= 4 is 28.2 Å². The number of carbonyl (C=O) groups excluding carboxylic acids is 1. The fourth-order valence-electron chi connectivity index (χ4n) is 2.43. The number of para-hydroxylation sites is 1. The van der Waals surface area contributed by atoms with Crippen LogP contribution in [-0.4, -0.2) is 31.4 Å². The molecule has 22 heavy (non-hydrogen) atoms. The second-order valence-corrected chi connectivity index (χ2v) is 6.17. The number of likely N-dealkylation sites (N-methyl/N-ethyl adjacent to an activating group) is 1. The highest BCUT2D eigenvalue weighted by Gasteiger charge is 2.18. The predicted molar refractivity (Wildman–Crippen MR) is 89.3 cm³/mol. The van der Waals surface area contributed by atoms with Crippen molar-refractivity contribution in [2.24, 2.45) is 0 Å². The van der Waals surface area contributed by atoms with Gasteiger partial charge in [0.15, 0.2) is 5.76 Å². The van der Waals surface area contributed by atoms with Gasteiger partial charge in [-0.05, 0) is 48.6 Å². The van der Waals surface area contributed by atoms with Crippen LogP contribution in [0.1, 0.15) is 22.2 Å². The maximum atomic E-state index is 12.3. The largest absolute Gasteiger partial charge is 0.451 e. The van der Waals surface area contributed by atoms with E-state index in [-0.39, 0.29) is 11.9 Å². The zero-order chi connectivity index (χ0) is 15.5. The minimum atomic E-state index is -0.182. The molecule has 0 radical (unpaired) electrons. The number of nitrogens with zero attached hydrogens (tertiary/aromatic N) is 1. The Morgan fingerprint density at radius 3 is 2.82 bits per heavy atom. The molecule has 0 fully saturated rings. The molecule has 0 spiro atoms. The lowest BCUT2D eigenvalue weighted by Crippen LogP contribution is -2.34. The molecular formula is C17H18N2O2S. The summed E-state index contributed by atoms with van der Waals surface area (Å²) in [5.74, 6) is 0.169. The summed E-state index contributed by atoms with van der Waals surface area (Å²) < 4.78 is 5.59. The standard InChI is InChI=1S/C17H18N2O2S/c1-19(2)14(13-7-8-22-11-13)10-18-17(20)16-9-12-5-3-4-6-15(12)21-16/h3-9,11,14H,10H2,1-2H3,(H,18,20)/t14-/m0/s1. The third-order valence-electron chi connectivity index (χ3n) is 3.66. The molecule has 1 atom stereocenters. The first kappa shape index (κ1) is 14.8. The van der Waals surface area contributed by atoms with Gasteiger partial charge in [0, 0.05) is 11.9 Å². The van der Waals surface area contributed by atoms with Crippen molar-refractivity contribution in [2.45, 2.75) is 6.04 Å². The molecule has 5 heteroatoms. The number of benzene rings is 1. The van der Waals surface area contributed by atoms with E-state index in [2.05, 4.69) is 21.7 Å². The summed E-state index contributed by atoms with van der Waals surface area (Å²) in [6.07, 6.45) is 0. The first-order valence-electron chi connectivity index (χ1n) is 7.10. The highest BCUT2D eigenvalue weighted by Crippen LogP contribution is 2.21. The molecule has 1 amide bonds. The number of nitrogens with one attached hydrogen (secondary N) is 1. The van der Waals surface area contributed by atoms with Crippen LogP contribution in [0.25, 0.3) is 11.0 Å². The Balaban J connectivity index is 1.71. The molecule has 0 aliphatic carbocycles. The quantitative estimate of drug-likeness (QED) is 0.783. The van der Waals surface area contributed by atoms with Crippen molar-refractivity contribution in [2.75, 3.05) is 20.6 Å². The average molecular weight is 314 g/mol. The van der Waals surface area contributed by atoms with E-state index in [4.69, 9.17) is 4.42 Å². The average Bonchev–Trinajstić information content (AvgIpc) is 3.16. The number of hydrogen-bond donors (Lipinski definition) is 1. The van der Waals surface area contributed by atoms with Gasteiger partial charge < -0.3 is 14.6 Å². The highest BCUT2D eigenvalue weighted by atomic mass is 32.1. The number of amides is 1. The number of rotatable bonds is 5. The zero-order valence-corrected chi connectivity index (χ0v) is 13.4. The van der Waals surface area contributed by atoms with E-state index in [9.17, 15) is 4.79 Å². The Hall–Kier alpha value is -2.11. The molecule has 2 heterocycles. The molecule has 1 N–H and O–H groups in total. The third-order valence-corrected chi connectivity index (χ3v) is 4.36. The Morgan fingerprint density at radius 2 is 2.14 bits per heavy atom. The molecule has 0 saturated heterocycles. The van der Waals surface area contributed by atoms with Crippen LogP contribution in [0.3, 0.4) is 0 Å². The Kier molecular flexibility index (Phi) is 4.27. The smallest absolute Gasteiger partial charge is 0.287 e. The lowest BCUT2D eigenvalue weighted by Gasteiger charge is -2.23. The van der Waals surface area contributed by atoms with Crippen LogP contribution in [-0.2, 0) is 0 Å². The van der Waals surface area contributed by atoms with Crippen LogP contribution in [0.4, 0.5) is 0 Å². The van der Waals surface area contributed by atoms with Gasteiger partial charge in [-0.15, -0.1) is 0 Å². The van der Waals surface area contributed by atoms with E-state index in [1.165, 1.54) is 5.56 Å². The van der Waals surface area contributed by atoms with Crippen molar-refractivity contribution in [3.63, 3.8) is 0 Å². The van der Waals surface area contributed by atoms with E-state index >= 15 is 0 Å². The molecular weight excluding hydrogens is 296 g/mol. The molecule has 0 aliphatic rings. The van der Waals surface area contributed by atoms with Crippen LogP contribution in [0.5, 0.6) is 0 Å². The van der Waals surface area contributed by atoms with Gasteiger partial charge in [0.25, 0.3) is 5.91 Å². The third kappa shape index (κ3) is 3.05. The van der Waals surface area contributed by atoms with Gasteiger partial charge in [-0.1, -0.05) is 18.2 Å². The van der Waals surface area contributed by atoms with E-state index in [0.29, 0.717) is 12.3 Å². The van der Waals surface area contributed by atoms with Gasteiger partial charge in [0.05, 0.1) is 6.04 Å². The Labute approximate surface area is 133 Å². The number of furan rings is 1. The fourth-order valence-corrected chi connectivity index (χ4v) is 3.14. The molecule has 0 bridgehead atoms. The fraction of sp³-hybridized carbons (Fsp3) is 0.235. The van der Waals surface area contributed by atoms with Crippen molar-refractivity contribution in [1.82, 2.24) is 10.2 Å². The SMILES string of the molecule is CN(C)[C@@H](CNC(=O)c1cc2ccccc2o1)c1ccsc1. The van der Waals surface area contributed by atoms with Crippen molar-refractivity contribution in [3.8, 4) is 0 Å². The first-order chi connectivity index (χ1) is 10.6. The predicted octanol–water partition coefficient (Wildman–Crippen LogP) is 3.53. The molecule has 3 rings (SSSR count). The highest BCUT2D eigenvalue weighted by molar-refractivity contribution is 7.07. The van der Waals surface area contributed by atoms with Crippen molar-refractivity contribution in [3.05, 3.63) is 58.5 Å². The maximum absolute atomic E-state index is 12.3. The molecule has 4 nitrogen and oxygen atoms in total. The van der Waals surface area contributed by atoms with E-state index in [0.717, 1.165) is 11.0 Å². The topological polar surface area (TPSA) is 45.5 Å². The first-order valence-corrected chi connectivity index (χ1v) is 8.05. The normalized spacial score (nSPS) is 12.7. The molecule has 2 aromatic heterocycles. The van der Waals surface area contributed by atoms with Gasteiger partial charge in [-0.2, -0.15) is 11.3 Å². The van der Waals surface area contributed by atoms with Gasteiger partial charge in [0.2, 0.25) is 0 Å². The number of carbonyl (C=O) groups is 1. The number of hydrogen-bond acceptors (Lipinski definition) is 4. The van der Waals surface area contributed by atoms with Crippen molar-refractivity contribution in [1.29, 1.82) is 0 Å². The summed E-state index contributed by atoms with van der Waals surface area (Å²) in [6, 6.07) is 11.6. The van der Waals surface area contributed by atoms with E-state index in [1.54, 1.807) is 17.4 Å². The maximum Gasteiger partial charge on any atom is 0.287 e. The van der Waals surface area contributed by atoms with E-state index in [1.807, 2.05) is 43.7 Å². The Morgan fingerprint density at radius 1 is 1.32 bits per heavy atom. The summed E-state index contributed by atoms with van der Waals surface area (Å²) >= 11 is 1.66. The van der Waals surface area contributed by atoms with Crippen LogP contribution >= 0.6 is 11.3 Å². The van der Waals surface area contributed by atoms with Crippen LogP contribution in [0, 0.1) is 0 Å². The molecule has 0 aliphatic heterocycles. The summed E-state index contributed by atoms with van der Waals surface area (Å²) in [5, 5.41) is 8.06. The lowest BCUT2D eigenvalue weighted by atomic mass is 10.1. The Bertz CT molecular complexity index is 729. The van der Waals surface area contributed by atoms with Gasteiger partial charge >= 0.3 is 0 Å². The summed E-state index contributed by atoms with van der Waals surface area (Å²) in [5.41, 5.74) is 1.94. The lowest BCUT2D eigenvalue weighted by molar-refractivity contribution is 0.0916.